The summed E-state index contributed by atoms with van der Waals surface area (Å²) < 4.78 is 0. The van der Waals surface area contributed by atoms with Crippen LogP contribution in [0.4, 0.5) is 22.7 Å². The predicted octanol–water partition coefficient (Wildman–Crippen LogP) is 0.889. The summed E-state index contributed by atoms with van der Waals surface area (Å²) in [4.78, 5) is 53.9. The fraction of sp³-hybridized carbons (Fsp3) is 0.261. The van der Waals surface area contributed by atoms with Gasteiger partial charge in [-0.25, -0.2) is 9.78 Å². The van der Waals surface area contributed by atoms with Crippen LogP contribution in [0.3, 0.4) is 0 Å². The molecule has 6 rings (SSSR count). The molecule has 15 nitrogen and oxygen atoms in total. The summed E-state index contributed by atoms with van der Waals surface area (Å²) in [6.07, 6.45) is 0.0868. The number of hydrogen-bond donors (Lipinski definition) is 4. The van der Waals surface area contributed by atoms with Crippen molar-refractivity contribution in [2.75, 3.05) is 34.8 Å². The molecule has 16 heteroatoms. The Morgan fingerprint density at radius 3 is 2.64 bits per heavy atom. The summed E-state index contributed by atoms with van der Waals surface area (Å²) in [7, 11) is 0. The summed E-state index contributed by atoms with van der Waals surface area (Å²) in [5.74, 6) is 0.140. The minimum Gasteiger partial charge on any atom is -0.477 e. The van der Waals surface area contributed by atoms with E-state index in [2.05, 4.69) is 46.2 Å². The number of tetrazole rings is 1. The highest BCUT2D eigenvalue weighted by Crippen LogP contribution is 2.37. The summed E-state index contributed by atoms with van der Waals surface area (Å²) in [6, 6.07) is 7.44. The van der Waals surface area contributed by atoms with Gasteiger partial charge < -0.3 is 15.3 Å². The molecule has 0 spiro atoms. The van der Waals surface area contributed by atoms with Crippen LogP contribution in [0.2, 0.25) is 0 Å². The molecule has 0 unspecified atom stereocenters. The Hall–Kier alpha value is -4.99. The number of aromatic nitrogens is 7. The number of carbonyl (C=O) groups excluding carboxylic acids is 2. The quantitative estimate of drug-likeness (QED) is 0.255. The van der Waals surface area contributed by atoms with E-state index in [1.165, 1.54) is 0 Å². The number of nitrogens with zero attached hydrogens (tertiary/aromatic N) is 8. The van der Waals surface area contributed by atoms with Gasteiger partial charge in [-0.15, -0.1) is 10.2 Å². The van der Waals surface area contributed by atoms with E-state index in [0.717, 1.165) is 22.5 Å². The zero-order valence-electron chi connectivity index (χ0n) is 20.5. The molecule has 0 radical (unpaired) electrons. The van der Waals surface area contributed by atoms with E-state index in [-0.39, 0.29) is 42.2 Å². The number of anilines is 4. The minimum atomic E-state index is -1.07. The zero-order valence-corrected chi connectivity index (χ0v) is 21.3. The number of hydrogen-bond acceptors (Lipinski definition) is 12. The van der Waals surface area contributed by atoms with Crippen molar-refractivity contribution in [3.05, 3.63) is 46.0 Å². The van der Waals surface area contributed by atoms with Gasteiger partial charge in [0.2, 0.25) is 23.6 Å². The van der Waals surface area contributed by atoms with Crippen molar-refractivity contribution in [1.29, 1.82) is 0 Å². The van der Waals surface area contributed by atoms with Crippen LogP contribution in [0.1, 0.15) is 26.5 Å². The number of piperazine rings is 1. The second kappa shape index (κ2) is 9.71. The Balaban J connectivity index is 1.35. The summed E-state index contributed by atoms with van der Waals surface area (Å²) in [5.41, 5.74) is 2.63. The smallest absolute Gasteiger partial charge is 0.347 e. The molecular weight excluding hydrogens is 526 g/mol. The van der Waals surface area contributed by atoms with Gasteiger partial charge in [0, 0.05) is 24.2 Å². The molecule has 4 N–H and O–H groups in total. The van der Waals surface area contributed by atoms with Crippen LogP contribution in [-0.2, 0) is 22.6 Å². The van der Waals surface area contributed by atoms with E-state index in [1.807, 2.05) is 29.2 Å². The van der Waals surface area contributed by atoms with Gasteiger partial charge in [0.15, 0.2) is 5.13 Å². The maximum atomic E-state index is 13.2. The Morgan fingerprint density at radius 1 is 1.15 bits per heavy atom. The fourth-order valence-corrected chi connectivity index (χ4v) is 5.28. The van der Waals surface area contributed by atoms with Crippen LogP contribution in [0.5, 0.6) is 0 Å². The van der Waals surface area contributed by atoms with Crippen molar-refractivity contribution in [1.82, 2.24) is 40.9 Å². The third-order valence-corrected chi connectivity index (χ3v) is 7.35. The first-order valence-electron chi connectivity index (χ1n) is 11.9. The molecule has 198 valence electrons. The normalized spacial score (nSPS) is 14.9. The Kier molecular flexibility index (Phi) is 6.07. The van der Waals surface area contributed by atoms with Gasteiger partial charge in [-0.1, -0.05) is 35.6 Å². The molecule has 3 aromatic heterocycles. The largest absolute Gasteiger partial charge is 0.477 e. The fourth-order valence-electron chi connectivity index (χ4n) is 4.48. The summed E-state index contributed by atoms with van der Waals surface area (Å²) in [6.45, 7) is 2.91. The van der Waals surface area contributed by atoms with Crippen molar-refractivity contribution < 1.29 is 19.5 Å². The average Bonchev–Trinajstić information content (AvgIpc) is 3.64. The average molecular weight is 548 g/mol. The second-order valence-corrected chi connectivity index (χ2v) is 9.90. The number of benzene rings is 1. The first-order valence-corrected chi connectivity index (χ1v) is 12.7. The lowest BCUT2D eigenvalue weighted by Gasteiger charge is -2.29. The lowest BCUT2D eigenvalue weighted by Crippen LogP contribution is -2.48. The van der Waals surface area contributed by atoms with Crippen molar-refractivity contribution in [2.24, 2.45) is 0 Å². The predicted molar refractivity (Wildman–Crippen MR) is 139 cm³/mol. The zero-order chi connectivity index (χ0) is 27.1. The van der Waals surface area contributed by atoms with E-state index in [0.29, 0.717) is 46.9 Å². The van der Waals surface area contributed by atoms with E-state index < -0.39 is 5.97 Å². The number of thiazole rings is 1. The van der Waals surface area contributed by atoms with Gasteiger partial charge >= 0.3 is 5.97 Å². The number of carboxylic acid groups (broad SMARTS) is 1. The molecule has 0 bridgehead atoms. The third-order valence-electron chi connectivity index (χ3n) is 6.29. The standard InChI is InChI=1S/C23H21N11O4S/c1-11-17(21(37)38)39-23(25-11)28-22-26-19(33-7-6-24-15(35)10-33)14-8-16(36)34(20(14)27-22)9-12-2-4-13(5-3-12)18-29-31-32-30-18/h2-5H,6-10H2,1H3,(H,24,35)(H,37,38)(H,25,26,27,28)(H,29,30,31,32). The number of carbonyl (C=O) groups is 3. The Bertz CT molecular complexity index is 1590. The van der Waals surface area contributed by atoms with E-state index in [4.69, 9.17) is 0 Å². The van der Waals surface area contributed by atoms with Gasteiger partial charge in [0.05, 0.1) is 25.2 Å². The Morgan fingerprint density at radius 2 is 1.95 bits per heavy atom. The topological polar surface area (TPSA) is 195 Å². The highest BCUT2D eigenvalue weighted by Gasteiger charge is 2.35. The molecule has 2 amide bonds. The minimum absolute atomic E-state index is 0.0868. The van der Waals surface area contributed by atoms with Crippen LogP contribution in [0, 0.1) is 6.92 Å². The molecule has 0 saturated carbocycles. The molecule has 2 aliphatic rings. The van der Waals surface area contributed by atoms with Gasteiger partial charge in [0.1, 0.15) is 16.5 Å². The van der Waals surface area contributed by atoms with Crippen LogP contribution < -0.4 is 20.4 Å². The molecular formula is C23H21N11O4S. The van der Waals surface area contributed by atoms with Gasteiger partial charge in [-0.3, -0.25) is 19.8 Å². The number of aryl methyl sites for hydroxylation is 1. The monoisotopic (exact) mass is 547 g/mol. The number of amides is 2. The molecule has 1 aromatic carbocycles. The lowest BCUT2D eigenvalue weighted by molar-refractivity contribution is -0.120. The van der Waals surface area contributed by atoms with Gasteiger partial charge in [-0.2, -0.15) is 15.2 Å². The first kappa shape index (κ1) is 24.4. The van der Waals surface area contributed by atoms with Crippen LogP contribution in [-0.4, -0.2) is 78.1 Å². The van der Waals surface area contributed by atoms with E-state index >= 15 is 0 Å². The number of rotatable bonds is 7. The van der Waals surface area contributed by atoms with Crippen molar-refractivity contribution in [2.45, 2.75) is 19.9 Å². The summed E-state index contributed by atoms with van der Waals surface area (Å²) in [5, 5.41) is 29.4. The van der Waals surface area contributed by atoms with Crippen molar-refractivity contribution in [3.8, 4) is 11.4 Å². The molecule has 4 aromatic rings. The van der Waals surface area contributed by atoms with Crippen LogP contribution >= 0.6 is 11.3 Å². The molecule has 0 atom stereocenters. The molecule has 39 heavy (non-hydrogen) atoms. The number of carboxylic acids is 1. The van der Waals surface area contributed by atoms with Gasteiger partial charge in [0.25, 0.3) is 0 Å². The third kappa shape index (κ3) is 4.72. The number of H-pyrrole nitrogens is 1. The SMILES string of the molecule is Cc1nc(Nc2nc(N3CCNC(=O)C3)c3c(n2)N(Cc2ccc(-c4nn[nH]n4)cc2)C(=O)C3)sc1C(=O)O. The van der Waals surface area contributed by atoms with Crippen LogP contribution in [0.15, 0.2) is 24.3 Å². The number of nitrogens with one attached hydrogen (secondary N) is 3. The van der Waals surface area contributed by atoms with Crippen molar-refractivity contribution >= 4 is 51.8 Å². The molecule has 1 fully saturated rings. The lowest BCUT2D eigenvalue weighted by atomic mass is 10.1. The highest BCUT2D eigenvalue weighted by molar-refractivity contribution is 7.17. The molecule has 0 aliphatic carbocycles. The molecule has 5 heterocycles. The molecule has 1 saturated heterocycles. The van der Waals surface area contributed by atoms with E-state index in [9.17, 15) is 19.5 Å². The Labute approximate surface area is 224 Å². The maximum Gasteiger partial charge on any atom is 0.347 e. The highest BCUT2D eigenvalue weighted by atomic mass is 32.1. The van der Waals surface area contributed by atoms with Crippen molar-refractivity contribution in [3.63, 3.8) is 0 Å². The number of aromatic amines is 1. The van der Waals surface area contributed by atoms with E-state index in [1.54, 1.807) is 11.8 Å². The number of aromatic carboxylic acids is 1. The van der Waals surface area contributed by atoms with Crippen LogP contribution in [0.25, 0.3) is 11.4 Å². The second-order valence-electron chi connectivity index (χ2n) is 8.90. The maximum absolute atomic E-state index is 13.2. The first-order chi connectivity index (χ1) is 18.9. The van der Waals surface area contributed by atoms with Gasteiger partial charge in [-0.05, 0) is 17.7 Å². The number of fused-ring (bicyclic) bond motifs is 1. The molecule has 2 aliphatic heterocycles. The summed E-state index contributed by atoms with van der Waals surface area (Å²) >= 11 is 0.965.